The van der Waals surface area contributed by atoms with Crippen molar-refractivity contribution in [3.05, 3.63) is 11.6 Å². The molecule has 2 unspecified atom stereocenters. The lowest BCUT2D eigenvalue weighted by Gasteiger charge is -2.36. The molecule has 156 valence electrons. The second kappa shape index (κ2) is 7.81. The van der Waals surface area contributed by atoms with Gasteiger partial charge in [0.1, 0.15) is 34.3 Å². The molecule has 3 aliphatic heterocycles. The van der Waals surface area contributed by atoms with Gasteiger partial charge in [0.2, 0.25) is 5.91 Å². The molecule has 0 bridgehead atoms. The SMILES string of the molecule is CCN1CCN(C(=O)C2CCc3nnc(C4CCN([S+](C)(=O)[O-])CC4)n32)CC1. The molecule has 0 aromatic carbocycles. The molecule has 2 fully saturated rings. The van der Waals surface area contributed by atoms with Gasteiger partial charge in [-0.05, 0) is 25.8 Å². The summed E-state index contributed by atoms with van der Waals surface area (Å²) in [5, 5.41) is 8.76. The minimum atomic E-state index is -3.15. The van der Waals surface area contributed by atoms with E-state index in [0.717, 1.165) is 70.1 Å². The highest BCUT2D eigenvalue weighted by atomic mass is 32.3. The fourth-order valence-electron chi connectivity index (χ4n) is 4.70. The zero-order valence-electron chi connectivity index (χ0n) is 16.7. The monoisotopic (exact) mass is 410 g/mol. The summed E-state index contributed by atoms with van der Waals surface area (Å²) in [5.41, 5.74) is 0. The van der Waals surface area contributed by atoms with Crippen LogP contribution in [0.15, 0.2) is 0 Å². The Morgan fingerprint density at radius 1 is 1.11 bits per heavy atom. The number of carbonyl (C=O) groups excluding carboxylic acids is 1. The lowest BCUT2D eigenvalue weighted by Crippen LogP contribution is -2.50. The second-order valence-corrected chi connectivity index (χ2v) is 10.1. The predicted molar refractivity (Wildman–Crippen MR) is 104 cm³/mol. The number of piperidine rings is 1. The van der Waals surface area contributed by atoms with Crippen LogP contribution in [0, 0.1) is 0 Å². The van der Waals surface area contributed by atoms with Gasteiger partial charge in [-0.25, -0.2) is 0 Å². The number of aromatic nitrogens is 3. The van der Waals surface area contributed by atoms with Crippen molar-refractivity contribution >= 4 is 16.3 Å². The van der Waals surface area contributed by atoms with E-state index in [1.807, 2.05) is 4.90 Å². The van der Waals surface area contributed by atoms with Crippen LogP contribution in [0.25, 0.3) is 0 Å². The number of hydrogen-bond donors (Lipinski definition) is 0. The van der Waals surface area contributed by atoms with Crippen molar-refractivity contribution in [2.45, 2.75) is 44.6 Å². The minimum absolute atomic E-state index is 0.157. The van der Waals surface area contributed by atoms with E-state index in [2.05, 4.69) is 26.6 Å². The van der Waals surface area contributed by atoms with Gasteiger partial charge in [-0.1, -0.05) is 11.1 Å². The Kier molecular flexibility index (Phi) is 5.56. The molecule has 2 saturated heterocycles. The Morgan fingerprint density at radius 3 is 2.39 bits per heavy atom. The summed E-state index contributed by atoms with van der Waals surface area (Å²) in [5.74, 6) is 2.10. The number of piperazine rings is 1. The summed E-state index contributed by atoms with van der Waals surface area (Å²) in [6.07, 6.45) is 4.27. The summed E-state index contributed by atoms with van der Waals surface area (Å²) >= 11 is 0. The molecule has 28 heavy (non-hydrogen) atoms. The van der Waals surface area contributed by atoms with Crippen LogP contribution < -0.4 is 0 Å². The third kappa shape index (κ3) is 3.74. The van der Waals surface area contributed by atoms with Crippen molar-refractivity contribution < 1.29 is 13.6 Å². The van der Waals surface area contributed by atoms with E-state index in [-0.39, 0.29) is 17.9 Å². The maximum atomic E-state index is 13.2. The molecule has 3 aliphatic rings. The molecular formula is C18H30N6O3S. The molecule has 1 amide bonds. The molecule has 4 rings (SSSR count). The minimum Gasteiger partial charge on any atom is -0.598 e. The first-order valence-electron chi connectivity index (χ1n) is 10.3. The lowest BCUT2D eigenvalue weighted by molar-refractivity contribution is -0.136. The molecule has 0 aliphatic carbocycles. The van der Waals surface area contributed by atoms with E-state index >= 15 is 0 Å². The van der Waals surface area contributed by atoms with Gasteiger partial charge in [0.05, 0.1) is 0 Å². The number of nitrogens with zero attached hydrogens (tertiary/aromatic N) is 6. The van der Waals surface area contributed by atoms with Crippen molar-refractivity contribution in [1.82, 2.24) is 28.9 Å². The maximum absolute atomic E-state index is 13.2. The molecule has 0 radical (unpaired) electrons. The fraction of sp³-hybridized carbons (Fsp3) is 0.833. The Bertz CT molecular complexity index is 761. The van der Waals surface area contributed by atoms with Crippen LogP contribution in [0.2, 0.25) is 0 Å². The Morgan fingerprint density at radius 2 is 1.79 bits per heavy atom. The number of aryl methyl sites for hydroxylation is 1. The van der Waals surface area contributed by atoms with Gasteiger partial charge in [0.25, 0.3) is 0 Å². The Labute approximate surface area is 167 Å². The van der Waals surface area contributed by atoms with Crippen LogP contribution in [0.3, 0.4) is 0 Å². The first kappa shape index (κ1) is 19.9. The molecule has 0 N–H and O–H groups in total. The van der Waals surface area contributed by atoms with E-state index < -0.39 is 10.4 Å². The standard InChI is InChI=1S/C18H30N6O3S/c1-3-21-10-12-22(13-11-21)18(25)15-4-5-16-19-20-17(24(15)16)14-6-8-23(9-7-14)28(2,26)27/h14-15H,3-13H2,1-2H3. The largest absolute Gasteiger partial charge is 0.598 e. The highest BCUT2D eigenvalue weighted by Crippen LogP contribution is 2.35. The molecule has 2 atom stereocenters. The average Bonchev–Trinajstić information content (AvgIpc) is 3.29. The third-order valence-corrected chi connectivity index (χ3v) is 7.75. The van der Waals surface area contributed by atoms with E-state index in [1.165, 1.54) is 10.6 Å². The van der Waals surface area contributed by atoms with E-state index in [0.29, 0.717) is 13.1 Å². The average molecular weight is 411 g/mol. The molecular weight excluding hydrogens is 380 g/mol. The van der Waals surface area contributed by atoms with Gasteiger partial charge in [-0.15, -0.1) is 14.5 Å². The summed E-state index contributed by atoms with van der Waals surface area (Å²) in [6.45, 7) is 7.61. The summed E-state index contributed by atoms with van der Waals surface area (Å²) in [7, 11) is -3.15. The zero-order valence-corrected chi connectivity index (χ0v) is 17.6. The summed E-state index contributed by atoms with van der Waals surface area (Å²) in [4.78, 5) is 17.6. The fourth-order valence-corrected chi connectivity index (χ4v) is 5.57. The van der Waals surface area contributed by atoms with Crippen LogP contribution in [0.5, 0.6) is 0 Å². The number of sulfonamides is 1. The first-order valence-corrected chi connectivity index (χ1v) is 12.1. The lowest BCUT2D eigenvalue weighted by atomic mass is 9.97. The van der Waals surface area contributed by atoms with Crippen molar-refractivity contribution in [1.29, 1.82) is 0 Å². The predicted octanol–water partition coefficient (Wildman–Crippen LogP) is 0.284. The number of rotatable bonds is 4. The number of amides is 1. The van der Waals surface area contributed by atoms with Crippen molar-refractivity contribution in [3.63, 3.8) is 0 Å². The van der Waals surface area contributed by atoms with Gasteiger partial charge < -0.3 is 18.9 Å². The summed E-state index contributed by atoms with van der Waals surface area (Å²) in [6, 6.07) is -0.207. The summed E-state index contributed by atoms with van der Waals surface area (Å²) < 4.78 is 27.1. The van der Waals surface area contributed by atoms with E-state index in [4.69, 9.17) is 0 Å². The molecule has 9 nitrogen and oxygen atoms in total. The molecule has 10 heteroatoms. The third-order valence-electron chi connectivity index (χ3n) is 6.45. The van der Waals surface area contributed by atoms with Crippen LogP contribution in [-0.4, -0.2) is 91.4 Å². The van der Waals surface area contributed by atoms with Crippen LogP contribution in [0.1, 0.15) is 49.8 Å². The van der Waals surface area contributed by atoms with Crippen LogP contribution in [-0.2, 0) is 25.8 Å². The van der Waals surface area contributed by atoms with Gasteiger partial charge in [-0.2, -0.15) is 0 Å². The van der Waals surface area contributed by atoms with Gasteiger partial charge in [-0.3, -0.25) is 4.79 Å². The highest BCUT2D eigenvalue weighted by molar-refractivity contribution is 7.94. The number of likely N-dealkylation sites (N-methyl/N-ethyl adjacent to an activating group) is 1. The number of fused-ring (bicyclic) bond motifs is 1. The number of carbonyl (C=O) groups is 1. The van der Waals surface area contributed by atoms with E-state index in [9.17, 15) is 13.6 Å². The highest BCUT2D eigenvalue weighted by Gasteiger charge is 2.39. The molecule has 0 saturated carbocycles. The zero-order chi connectivity index (χ0) is 19.9. The van der Waals surface area contributed by atoms with E-state index in [1.54, 1.807) is 0 Å². The second-order valence-electron chi connectivity index (χ2n) is 8.09. The molecule has 1 aromatic rings. The van der Waals surface area contributed by atoms with Gasteiger partial charge >= 0.3 is 0 Å². The van der Waals surface area contributed by atoms with Crippen molar-refractivity contribution in [2.75, 3.05) is 52.1 Å². The molecule has 1 aromatic heterocycles. The smallest absolute Gasteiger partial charge is 0.245 e. The van der Waals surface area contributed by atoms with Crippen LogP contribution in [0.4, 0.5) is 0 Å². The topological polar surface area (TPSA) is 97.6 Å². The van der Waals surface area contributed by atoms with Crippen LogP contribution >= 0.6 is 0 Å². The normalized spacial score (nSPS) is 27.0. The Balaban J connectivity index is 1.46. The quantitative estimate of drug-likeness (QED) is 0.662. The van der Waals surface area contributed by atoms with Crippen molar-refractivity contribution in [3.8, 4) is 0 Å². The Hall–Kier alpha value is -1.36. The molecule has 4 heterocycles. The van der Waals surface area contributed by atoms with Crippen molar-refractivity contribution in [2.24, 2.45) is 0 Å². The molecule has 0 spiro atoms. The first-order chi connectivity index (χ1) is 13.4. The number of hydrogen-bond acceptors (Lipinski definition) is 6. The van der Waals surface area contributed by atoms with Gasteiger partial charge in [0.15, 0.2) is 0 Å². The van der Waals surface area contributed by atoms with Gasteiger partial charge in [0, 0.05) is 51.6 Å². The maximum Gasteiger partial charge on any atom is 0.245 e.